The number of aryl methyl sites for hydroxylation is 1. The molecule has 0 radical (unpaired) electrons. The smallest absolute Gasteiger partial charge is 0.245 e. The van der Waals surface area contributed by atoms with Gasteiger partial charge in [-0.2, -0.15) is 5.10 Å². The Balaban J connectivity index is 1.22. The van der Waals surface area contributed by atoms with Crippen LogP contribution in [0.5, 0.6) is 0 Å². The zero-order chi connectivity index (χ0) is 27.1. The molecule has 1 aliphatic carbocycles. The van der Waals surface area contributed by atoms with Crippen LogP contribution in [0.25, 0.3) is 34.1 Å². The zero-order valence-electron chi connectivity index (χ0n) is 22.3. The Labute approximate surface area is 233 Å². The first-order valence-electron chi connectivity index (χ1n) is 13.9. The van der Waals surface area contributed by atoms with Crippen molar-refractivity contribution in [3.63, 3.8) is 0 Å². The van der Waals surface area contributed by atoms with Crippen molar-refractivity contribution in [2.45, 2.75) is 37.8 Å². The molecule has 200 valence electrons. The van der Waals surface area contributed by atoms with Crippen molar-refractivity contribution < 1.29 is 4.79 Å². The minimum Gasteiger partial charge on any atom is -0.339 e. The summed E-state index contributed by atoms with van der Waals surface area (Å²) >= 11 is 0. The van der Waals surface area contributed by atoms with Crippen molar-refractivity contribution >= 4 is 17.1 Å². The minimum absolute atomic E-state index is 0.0327. The molecule has 4 heterocycles. The molecule has 1 N–H and O–H groups in total. The molecule has 1 fully saturated rings. The normalized spacial score (nSPS) is 17.3. The number of hydrogen-bond acceptors (Lipinski definition) is 5. The minimum atomic E-state index is 0.0327. The Bertz CT molecular complexity index is 1680. The average molecular weight is 530 g/mol. The van der Waals surface area contributed by atoms with Gasteiger partial charge >= 0.3 is 0 Å². The number of carbonyl (C=O) groups excluding carboxylic acids is 1. The molecule has 0 bridgehead atoms. The number of hydrogen-bond donors (Lipinski definition) is 1. The lowest BCUT2D eigenvalue weighted by Gasteiger charge is -2.33. The van der Waals surface area contributed by atoms with Gasteiger partial charge in [-0.25, -0.2) is 14.6 Å². The molecule has 0 saturated carbocycles. The molecule has 1 unspecified atom stereocenters. The van der Waals surface area contributed by atoms with Crippen molar-refractivity contribution in [1.29, 1.82) is 0 Å². The quantitative estimate of drug-likeness (QED) is 0.312. The number of carbonyl (C=O) groups is 1. The van der Waals surface area contributed by atoms with Gasteiger partial charge in [0.25, 0.3) is 0 Å². The van der Waals surface area contributed by atoms with Crippen LogP contribution in [-0.2, 0) is 11.2 Å². The first-order valence-corrected chi connectivity index (χ1v) is 13.9. The Morgan fingerprint density at radius 1 is 0.975 bits per heavy atom. The molecule has 2 aromatic carbocycles. The number of benzene rings is 2. The van der Waals surface area contributed by atoms with Gasteiger partial charge in [-0.15, -0.1) is 0 Å². The number of nitrogens with zero attached hydrogens (tertiary/aromatic N) is 6. The highest BCUT2D eigenvalue weighted by Crippen LogP contribution is 2.36. The van der Waals surface area contributed by atoms with Crippen LogP contribution in [0.15, 0.2) is 91.8 Å². The van der Waals surface area contributed by atoms with Crippen LogP contribution in [0.1, 0.15) is 36.4 Å². The summed E-state index contributed by atoms with van der Waals surface area (Å²) in [5.74, 6) is 1.66. The standard InChI is InChI=1S/C32H31N7O/c1-2-30(40)37-19-15-24(16-20-37)34-27-12-9-23-21-25(10-11-26(23)27)39-31(22-7-4-3-5-8-22)35-28-13-14-29(36-32(28)39)38-18-6-17-33-38/h2-8,10-11,13-14,17-18,21,24,27,34H,1,9,12,15-16,19-20H2. The predicted molar refractivity (Wildman–Crippen MR) is 155 cm³/mol. The molecule has 1 saturated heterocycles. The van der Waals surface area contributed by atoms with E-state index < -0.39 is 0 Å². The molecule has 1 aliphatic heterocycles. The molecule has 3 aromatic heterocycles. The molecule has 1 amide bonds. The third kappa shape index (κ3) is 4.40. The molecule has 8 heteroatoms. The van der Waals surface area contributed by atoms with E-state index in [1.54, 1.807) is 10.9 Å². The second-order valence-corrected chi connectivity index (χ2v) is 10.5. The summed E-state index contributed by atoms with van der Waals surface area (Å²) in [4.78, 5) is 23.9. The molecule has 40 heavy (non-hydrogen) atoms. The maximum atomic E-state index is 12.0. The third-order valence-corrected chi connectivity index (χ3v) is 8.14. The second-order valence-electron chi connectivity index (χ2n) is 10.5. The number of amides is 1. The van der Waals surface area contributed by atoms with E-state index in [9.17, 15) is 4.79 Å². The van der Waals surface area contributed by atoms with Crippen LogP contribution < -0.4 is 5.32 Å². The SMILES string of the molecule is C=CC(=O)N1CCC(NC2CCc3cc(-n4c(-c5ccccc5)nc5ccc(-n6cccn6)nc54)ccc32)CC1. The number of pyridine rings is 1. The highest BCUT2D eigenvalue weighted by Gasteiger charge is 2.28. The Kier molecular flexibility index (Phi) is 6.24. The van der Waals surface area contributed by atoms with E-state index in [0.717, 1.165) is 72.8 Å². The van der Waals surface area contributed by atoms with E-state index in [0.29, 0.717) is 12.1 Å². The number of imidazole rings is 1. The summed E-state index contributed by atoms with van der Waals surface area (Å²) in [6.07, 6.45) is 9.10. The van der Waals surface area contributed by atoms with Gasteiger partial charge in [-0.1, -0.05) is 43.0 Å². The van der Waals surface area contributed by atoms with Gasteiger partial charge in [0.2, 0.25) is 5.91 Å². The van der Waals surface area contributed by atoms with Gasteiger partial charge in [0.15, 0.2) is 11.5 Å². The van der Waals surface area contributed by atoms with Crippen molar-refractivity contribution in [3.8, 4) is 22.9 Å². The molecule has 2 aliphatic rings. The highest BCUT2D eigenvalue weighted by atomic mass is 16.2. The summed E-state index contributed by atoms with van der Waals surface area (Å²) < 4.78 is 3.95. The molecule has 1 atom stereocenters. The van der Waals surface area contributed by atoms with Gasteiger partial charge < -0.3 is 10.2 Å². The maximum absolute atomic E-state index is 12.0. The highest BCUT2D eigenvalue weighted by molar-refractivity contribution is 5.87. The van der Waals surface area contributed by atoms with E-state index in [4.69, 9.17) is 9.97 Å². The lowest BCUT2D eigenvalue weighted by atomic mass is 10.0. The summed E-state index contributed by atoms with van der Waals surface area (Å²) in [6, 6.07) is 23.7. The summed E-state index contributed by atoms with van der Waals surface area (Å²) in [5, 5.41) is 8.27. The van der Waals surface area contributed by atoms with Crippen LogP contribution >= 0.6 is 0 Å². The maximum Gasteiger partial charge on any atom is 0.245 e. The van der Waals surface area contributed by atoms with Crippen molar-refractivity contribution in [2.75, 3.05) is 13.1 Å². The lowest BCUT2D eigenvalue weighted by Crippen LogP contribution is -2.45. The zero-order valence-corrected chi connectivity index (χ0v) is 22.3. The van der Waals surface area contributed by atoms with Gasteiger partial charge in [0.1, 0.15) is 11.3 Å². The third-order valence-electron chi connectivity index (χ3n) is 8.14. The van der Waals surface area contributed by atoms with Gasteiger partial charge in [0, 0.05) is 48.8 Å². The predicted octanol–water partition coefficient (Wildman–Crippen LogP) is 5.03. The van der Waals surface area contributed by atoms with Gasteiger partial charge in [0.05, 0.1) is 0 Å². The monoisotopic (exact) mass is 529 g/mol. The fraction of sp³-hybridized carbons (Fsp3) is 0.250. The fourth-order valence-corrected chi connectivity index (χ4v) is 6.10. The summed E-state index contributed by atoms with van der Waals surface area (Å²) in [7, 11) is 0. The van der Waals surface area contributed by atoms with Crippen LogP contribution in [0.3, 0.4) is 0 Å². The van der Waals surface area contributed by atoms with Crippen molar-refractivity contribution in [1.82, 2.24) is 34.5 Å². The van der Waals surface area contributed by atoms with Crippen LogP contribution in [0, 0.1) is 0 Å². The van der Waals surface area contributed by atoms with Crippen LogP contribution in [0.2, 0.25) is 0 Å². The van der Waals surface area contributed by atoms with Gasteiger partial charge in [-0.05, 0) is 73.2 Å². The van der Waals surface area contributed by atoms with E-state index in [1.807, 2.05) is 47.5 Å². The molecule has 7 rings (SSSR count). The lowest BCUT2D eigenvalue weighted by molar-refractivity contribution is -0.127. The topological polar surface area (TPSA) is 80.9 Å². The van der Waals surface area contributed by atoms with Crippen LogP contribution in [0.4, 0.5) is 0 Å². The Hall–Kier alpha value is -4.56. The molecular weight excluding hydrogens is 498 g/mol. The van der Waals surface area contributed by atoms with E-state index in [2.05, 4.69) is 51.9 Å². The Morgan fingerprint density at radius 2 is 1.82 bits per heavy atom. The van der Waals surface area contributed by atoms with Crippen LogP contribution in [-0.4, -0.2) is 54.3 Å². The Morgan fingerprint density at radius 3 is 2.60 bits per heavy atom. The van der Waals surface area contributed by atoms with E-state index in [1.165, 1.54) is 17.2 Å². The first kappa shape index (κ1) is 24.5. The summed E-state index contributed by atoms with van der Waals surface area (Å²) in [5.41, 5.74) is 6.48. The average Bonchev–Trinajstić information content (AvgIpc) is 3.76. The van der Waals surface area contributed by atoms with Gasteiger partial charge in [-0.3, -0.25) is 9.36 Å². The number of rotatable bonds is 6. The number of piperidine rings is 1. The first-order chi connectivity index (χ1) is 19.7. The number of likely N-dealkylation sites (tertiary alicyclic amines) is 1. The number of aromatic nitrogens is 5. The molecule has 0 spiro atoms. The van der Waals surface area contributed by atoms with Crippen molar-refractivity contribution in [2.24, 2.45) is 0 Å². The fourth-order valence-electron chi connectivity index (χ4n) is 6.10. The number of nitrogens with one attached hydrogen (secondary N) is 1. The molecule has 5 aromatic rings. The number of fused-ring (bicyclic) bond motifs is 2. The summed E-state index contributed by atoms with van der Waals surface area (Å²) in [6.45, 7) is 5.19. The second kappa shape index (κ2) is 10.2. The molecule has 8 nitrogen and oxygen atoms in total. The van der Waals surface area contributed by atoms with Crippen molar-refractivity contribution in [3.05, 3.63) is 103 Å². The van der Waals surface area contributed by atoms with E-state index in [-0.39, 0.29) is 5.91 Å². The van der Waals surface area contributed by atoms with E-state index >= 15 is 0 Å². The molecular formula is C32H31N7O. The largest absolute Gasteiger partial charge is 0.339 e.